The van der Waals surface area contributed by atoms with Crippen LogP contribution in [0.25, 0.3) is 0 Å². The molecule has 0 aliphatic carbocycles. The van der Waals surface area contributed by atoms with Gasteiger partial charge in [0.25, 0.3) is 0 Å². The van der Waals surface area contributed by atoms with Gasteiger partial charge >= 0.3 is 0 Å². The van der Waals surface area contributed by atoms with Crippen molar-refractivity contribution >= 4 is 5.91 Å². The molecule has 2 heterocycles. The topological polar surface area (TPSA) is 73.6 Å². The molecule has 0 radical (unpaired) electrons. The summed E-state index contributed by atoms with van der Waals surface area (Å²) in [6.07, 6.45) is 4.75. The third kappa shape index (κ3) is 3.93. The first-order valence-electron chi connectivity index (χ1n) is 7.00. The zero-order valence-electron chi connectivity index (χ0n) is 10.9. The maximum atomic E-state index is 11.8. The number of amides is 1. The molecular formula is C13H24N2O3. The number of ether oxygens (including phenoxy) is 2. The zero-order valence-corrected chi connectivity index (χ0v) is 10.9. The van der Waals surface area contributed by atoms with Crippen molar-refractivity contribution in [1.29, 1.82) is 0 Å². The molecule has 3 N–H and O–H groups in total. The number of carbonyl (C=O) groups is 1. The van der Waals surface area contributed by atoms with Crippen LogP contribution >= 0.6 is 0 Å². The van der Waals surface area contributed by atoms with E-state index in [4.69, 9.17) is 15.2 Å². The first-order chi connectivity index (χ1) is 8.79. The summed E-state index contributed by atoms with van der Waals surface area (Å²) in [5.74, 6) is 0.721. The van der Waals surface area contributed by atoms with Gasteiger partial charge in [-0.2, -0.15) is 0 Å². The van der Waals surface area contributed by atoms with Gasteiger partial charge in [0.2, 0.25) is 5.91 Å². The van der Waals surface area contributed by atoms with Crippen molar-refractivity contribution in [2.24, 2.45) is 11.7 Å². The minimum Gasteiger partial charge on any atom is -0.381 e. The first-order valence-corrected chi connectivity index (χ1v) is 7.00. The van der Waals surface area contributed by atoms with E-state index in [0.29, 0.717) is 12.5 Å². The highest BCUT2D eigenvalue weighted by atomic mass is 16.5. The third-order valence-corrected chi connectivity index (χ3v) is 3.86. The van der Waals surface area contributed by atoms with E-state index in [-0.39, 0.29) is 18.1 Å². The molecule has 2 saturated heterocycles. The summed E-state index contributed by atoms with van der Waals surface area (Å²) in [7, 11) is 0. The minimum absolute atomic E-state index is 0.0259. The summed E-state index contributed by atoms with van der Waals surface area (Å²) in [4.78, 5) is 11.8. The van der Waals surface area contributed by atoms with E-state index in [1.165, 1.54) is 0 Å². The Morgan fingerprint density at radius 1 is 1.22 bits per heavy atom. The minimum atomic E-state index is -0.284. The molecule has 2 aliphatic rings. The zero-order chi connectivity index (χ0) is 12.8. The van der Waals surface area contributed by atoms with Gasteiger partial charge in [0, 0.05) is 26.3 Å². The van der Waals surface area contributed by atoms with Crippen molar-refractivity contribution in [3.05, 3.63) is 0 Å². The molecule has 0 bridgehead atoms. The van der Waals surface area contributed by atoms with Crippen molar-refractivity contribution < 1.29 is 14.3 Å². The van der Waals surface area contributed by atoms with Gasteiger partial charge in [-0.15, -0.1) is 0 Å². The number of hydrogen-bond acceptors (Lipinski definition) is 4. The lowest BCUT2D eigenvalue weighted by atomic mass is 9.97. The maximum Gasteiger partial charge on any atom is 0.249 e. The normalized spacial score (nSPS) is 29.4. The fraction of sp³-hybridized carbons (Fsp3) is 0.923. The van der Waals surface area contributed by atoms with Crippen molar-refractivity contribution in [2.45, 2.75) is 44.3 Å². The van der Waals surface area contributed by atoms with Crippen molar-refractivity contribution in [3.63, 3.8) is 0 Å². The molecule has 0 spiro atoms. The van der Waals surface area contributed by atoms with Crippen LogP contribution in [0.3, 0.4) is 0 Å². The van der Waals surface area contributed by atoms with Crippen LogP contribution in [-0.4, -0.2) is 44.4 Å². The average Bonchev–Trinajstić information content (AvgIpc) is 2.89. The quantitative estimate of drug-likeness (QED) is 0.748. The Kier molecular flexibility index (Phi) is 5.41. The largest absolute Gasteiger partial charge is 0.381 e. The molecule has 5 heteroatoms. The second-order valence-electron chi connectivity index (χ2n) is 5.20. The Morgan fingerprint density at radius 3 is 2.67 bits per heavy atom. The molecule has 2 rings (SSSR count). The molecule has 1 amide bonds. The fourth-order valence-electron chi connectivity index (χ4n) is 2.62. The van der Waals surface area contributed by atoms with Gasteiger partial charge in [0.1, 0.15) is 6.10 Å². The van der Waals surface area contributed by atoms with Crippen LogP contribution in [0.2, 0.25) is 0 Å². The molecule has 2 fully saturated rings. The lowest BCUT2D eigenvalue weighted by Crippen LogP contribution is -2.36. The first kappa shape index (κ1) is 13.8. The molecule has 0 aromatic heterocycles. The lowest BCUT2D eigenvalue weighted by molar-refractivity contribution is -0.131. The summed E-state index contributed by atoms with van der Waals surface area (Å²) in [5, 5.41) is 2.97. The van der Waals surface area contributed by atoms with Gasteiger partial charge in [-0.3, -0.25) is 4.79 Å². The van der Waals surface area contributed by atoms with Crippen LogP contribution in [0, 0.1) is 5.92 Å². The number of nitrogens with one attached hydrogen (secondary N) is 1. The summed E-state index contributed by atoms with van der Waals surface area (Å²) in [6, 6.07) is 0. The molecular weight excluding hydrogens is 232 g/mol. The van der Waals surface area contributed by atoms with E-state index >= 15 is 0 Å². The van der Waals surface area contributed by atoms with Gasteiger partial charge in [-0.25, -0.2) is 0 Å². The number of carbonyl (C=O) groups excluding carboxylic acids is 1. The molecule has 0 unspecified atom stereocenters. The SMILES string of the molecule is NC[C@H]1CC[C@@H](C(=O)NCCC2CCOCC2)O1. The molecule has 18 heavy (non-hydrogen) atoms. The van der Waals surface area contributed by atoms with E-state index in [9.17, 15) is 4.79 Å². The van der Waals surface area contributed by atoms with E-state index < -0.39 is 0 Å². The Balaban J connectivity index is 1.60. The molecule has 2 atom stereocenters. The molecule has 0 saturated carbocycles. The second kappa shape index (κ2) is 7.07. The van der Waals surface area contributed by atoms with Crippen LogP contribution in [-0.2, 0) is 14.3 Å². The third-order valence-electron chi connectivity index (χ3n) is 3.86. The predicted octanol–water partition coefficient (Wildman–Crippen LogP) is 0.426. The Hall–Kier alpha value is -0.650. The number of hydrogen-bond donors (Lipinski definition) is 2. The average molecular weight is 256 g/mol. The highest BCUT2D eigenvalue weighted by molar-refractivity contribution is 5.80. The Morgan fingerprint density at radius 2 is 2.00 bits per heavy atom. The van der Waals surface area contributed by atoms with E-state index in [1.54, 1.807) is 0 Å². The molecule has 104 valence electrons. The van der Waals surface area contributed by atoms with E-state index in [1.807, 2.05) is 0 Å². The Bertz CT molecular complexity index is 267. The van der Waals surface area contributed by atoms with Crippen molar-refractivity contribution in [1.82, 2.24) is 5.32 Å². The summed E-state index contributed by atoms with van der Waals surface area (Å²) < 4.78 is 10.9. The van der Waals surface area contributed by atoms with Crippen LogP contribution in [0.15, 0.2) is 0 Å². The van der Waals surface area contributed by atoms with Crippen molar-refractivity contribution in [3.8, 4) is 0 Å². The van der Waals surface area contributed by atoms with Crippen LogP contribution in [0.1, 0.15) is 32.1 Å². The van der Waals surface area contributed by atoms with Gasteiger partial charge < -0.3 is 20.5 Å². The standard InChI is InChI=1S/C13H24N2O3/c14-9-11-1-2-12(18-11)13(16)15-6-3-10-4-7-17-8-5-10/h10-12H,1-9,14H2,(H,15,16)/t11-,12+/m1/s1. The molecule has 0 aromatic carbocycles. The lowest BCUT2D eigenvalue weighted by Gasteiger charge is -2.22. The summed E-state index contributed by atoms with van der Waals surface area (Å²) in [6.45, 7) is 2.98. The van der Waals surface area contributed by atoms with Gasteiger partial charge in [0.05, 0.1) is 6.10 Å². The summed E-state index contributed by atoms with van der Waals surface area (Å²) >= 11 is 0. The van der Waals surface area contributed by atoms with Gasteiger partial charge in [-0.05, 0) is 38.0 Å². The van der Waals surface area contributed by atoms with Crippen LogP contribution in [0.5, 0.6) is 0 Å². The highest BCUT2D eigenvalue weighted by Crippen LogP contribution is 2.20. The molecule has 0 aromatic rings. The summed E-state index contributed by atoms with van der Waals surface area (Å²) in [5.41, 5.74) is 5.53. The van der Waals surface area contributed by atoms with Gasteiger partial charge in [-0.1, -0.05) is 0 Å². The fourth-order valence-corrected chi connectivity index (χ4v) is 2.62. The highest BCUT2D eigenvalue weighted by Gasteiger charge is 2.29. The second-order valence-corrected chi connectivity index (χ2v) is 5.20. The Labute approximate surface area is 108 Å². The monoisotopic (exact) mass is 256 g/mol. The van der Waals surface area contributed by atoms with Crippen molar-refractivity contribution in [2.75, 3.05) is 26.3 Å². The van der Waals surface area contributed by atoms with Crippen LogP contribution < -0.4 is 11.1 Å². The van der Waals surface area contributed by atoms with Gasteiger partial charge in [0.15, 0.2) is 0 Å². The smallest absolute Gasteiger partial charge is 0.249 e. The van der Waals surface area contributed by atoms with E-state index in [2.05, 4.69) is 5.32 Å². The molecule has 2 aliphatic heterocycles. The number of nitrogens with two attached hydrogens (primary N) is 1. The number of rotatable bonds is 5. The molecule has 5 nitrogen and oxygen atoms in total. The predicted molar refractivity (Wildman–Crippen MR) is 68.1 cm³/mol. The maximum absolute atomic E-state index is 11.8. The van der Waals surface area contributed by atoms with Crippen LogP contribution in [0.4, 0.5) is 0 Å². The van der Waals surface area contributed by atoms with E-state index in [0.717, 1.165) is 51.9 Å².